The van der Waals surface area contributed by atoms with E-state index in [1.165, 1.54) is 6.92 Å². The van der Waals surface area contributed by atoms with Gasteiger partial charge in [-0.3, -0.25) is 4.79 Å². The van der Waals surface area contributed by atoms with Gasteiger partial charge in [0.15, 0.2) is 0 Å². The SMILES string of the molecule is CCN(CC)c1cccc(OC(C)=O)c1. The van der Waals surface area contributed by atoms with Gasteiger partial charge < -0.3 is 9.64 Å². The van der Waals surface area contributed by atoms with Gasteiger partial charge in [-0.15, -0.1) is 0 Å². The summed E-state index contributed by atoms with van der Waals surface area (Å²) in [5.74, 6) is 0.318. The summed E-state index contributed by atoms with van der Waals surface area (Å²) < 4.78 is 5.03. The van der Waals surface area contributed by atoms with Crippen molar-refractivity contribution in [1.29, 1.82) is 0 Å². The lowest BCUT2D eigenvalue weighted by Gasteiger charge is -2.21. The molecule has 0 aliphatic rings. The minimum Gasteiger partial charge on any atom is -0.427 e. The van der Waals surface area contributed by atoms with E-state index in [9.17, 15) is 4.79 Å². The van der Waals surface area contributed by atoms with Crippen molar-refractivity contribution >= 4 is 11.7 Å². The second-order valence-corrected chi connectivity index (χ2v) is 3.26. The van der Waals surface area contributed by atoms with E-state index in [4.69, 9.17) is 4.74 Å². The third-order valence-corrected chi connectivity index (χ3v) is 2.21. The van der Waals surface area contributed by atoms with E-state index >= 15 is 0 Å². The molecule has 0 fully saturated rings. The van der Waals surface area contributed by atoms with Gasteiger partial charge in [0.2, 0.25) is 0 Å². The first-order chi connectivity index (χ1) is 7.17. The van der Waals surface area contributed by atoms with Crippen molar-refractivity contribution in [3.8, 4) is 5.75 Å². The van der Waals surface area contributed by atoms with Crippen molar-refractivity contribution in [3.05, 3.63) is 24.3 Å². The van der Waals surface area contributed by atoms with Crippen LogP contribution in [0.3, 0.4) is 0 Å². The Bertz CT molecular complexity index is 332. The highest BCUT2D eigenvalue weighted by molar-refractivity contribution is 5.70. The van der Waals surface area contributed by atoms with Gasteiger partial charge in [-0.25, -0.2) is 0 Å². The number of carbonyl (C=O) groups is 1. The summed E-state index contributed by atoms with van der Waals surface area (Å²) in [7, 11) is 0. The number of nitrogens with zero attached hydrogens (tertiary/aromatic N) is 1. The van der Waals surface area contributed by atoms with Crippen LogP contribution in [0.25, 0.3) is 0 Å². The van der Waals surface area contributed by atoms with Gasteiger partial charge in [0.1, 0.15) is 5.75 Å². The first-order valence-electron chi connectivity index (χ1n) is 5.20. The lowest BCUT2D eigenvalue weighted by atomic mass is 10.2. The molecule has 0 bridgehead atoms. The molecule has 0 unspecified atom stereocenters. The number of anilines is 1. The van der Waals surface area contributed by atoms with E-state index in [-0.39, 0.29) is 5.97 Å². The largest absolute Gasteiger partial charge is 0.427 e. The Kier molecular flexibility index (Phi) is 4.16. The highest BCUT2D eigenvalue weighted by Gasteiger charge is 2.04. The molecule has 1 aromatic rings. The van der Waals surface area contributed by atoms with Crippen LogP contribution in [0.5, 0.6) is 5.75 Å². The van der Waals surface area contributed by atoms with Gasteiger partial charge in [-0.2, -0.15) is 0 Å². The predicted octanol–water partition coefficient (Wildman–Crippen LogP) is 2.46. The van der Waals surface area contributed by atoms with E-state index in [0.717, 1.165) is 18.8 Å². The molecular weight excluding hydrogens is 190 g/mol. The molecule has 0 amide bonds. The third-order valence-electron chi connectivity index (χ3n) is 2.21. The Morgan fingerprint density at radius 3 is 2.53 bits per heavy atom. The van der Waals surface area contributed by atoms with Crippen LogP contribution in [-0.2, 0) is 4.79 Å². The smallest absolute Gasteiger partial charge is 0.308 e. The van der Waals surface area contributed by atoms with E-state index in [1.807, 2.05) is 18.2 Å². The molecule has 0 atom stereocenters. The lowest BCUT2D eigenvalue weighted by molar-refractivity contribution is -0.131. The van der Waals surface area contributed by atoms with Crippen LogP contribution in [0.15, 0.2) is 24.3 Å². The topological polar surface area (TPSA) is 29.5 Å². The number of hydrogen-bond acceptors (Lipinski definition) is 3. The molecule has 3 nitrogen and oxygen atoms in total. The van der Waals surface area contributed by atoms with Gasteiger partial charge in [-0.1, -0.05) is 6.07 Å². The number of carbonyl (C=O) groups excluding carboxylic acids is 1. The van der Waals surface area contributed by atoms with Gasteiger partial charge in [-0.05, 0) is 26.0 Å². The lowest BCUT2D eigenvalue weighted by Crippen LogP contribution is -2.21. The molecular formula is C12H17NO2. The zero-order valence-electron chi connectivity index (χ0n) is 9.49. The summed E-state index contributed by atoms with van der Waals surface area (Å²) in [5, 5.41) is 0. The molecule has 0 heterocycles. The Labute approximate surface area is 90.7 Å². The predicted molar refractivity (Wildman–Crippen MR) is 61.3 cm³/mol. The fourth-order valence-electron chi connectivity index (χ4n) is 1.50. The number of hydrogen-bond donors (Lipinski definition) is 0. The minimum atomic E-state index is -0.285. The summed E-state index contributed by atoms with van der Waals surface area (Å²) >= 11 is 0. The molecule has 0 spiro atoms. The van der Waals surface area contributed by atoms with E-state index < -0.39 is 0 Å². The van der Waals surface area contributed by atoms with Crippen molar-refractivity contribution < 1.29 is 9.53 Å². The van der Waals surface area contributed by atoms with Crippen LogP contribution < -0.4 is 9.64 Å². The van der Waals surface area contributed by atoms with Crippen molar-refractivity contribution in [2.24, 2.45) is 0 Å². The van der Waals surface area contributed by atoms with Crippen molar-refractivity contribution in [2.75, 3.05) is 18.0 Å². The molecule has 1 rings (SSSR count). The second kappa shape index (κ2) is 5.39. The van der Waals surface area contributed by atoms with E-state index in [1.54, 1.807) is 6.07 Å². The van der Waals surface area contributed by atoms with E-state index in [0.29, 0.717) is 5.75 Å². The van der Waals surface area contributed by atoms with Crippen molar-refractivity contribution in [3.63, 3.8) is 0 Å². The third kappa shape index (κ3) is 3.27. The minimum absolute atomic E-state index is 0.285. The fourth-order valence-corrected chi connectivity index (χ4v) is 1.50. The Morgan fingerprint density at radius 2 is 2.00 bits per heavy atom. The Balaban J connectivity index is 2.86. The monoisotopic (exact) mass is 207 g/mol. The quantitative estimate of drug-likeness (QED) is 0.561. The average Bonchev–Trinajstić information content (AvgIpc) is 2.19. The first-order valence-corrected chi connectivity index (χ1v) is 5.20. The first kappa shape index (κ1) is 11.6. The molecule has 15 heavy (non-hydrogen) atoms. The summed E-state index contributed by atoms with van der Waals surface area (Å²) in [6.45, 7) is 7.49. The normalized spacial score (nSPS) is 9.80. The van der Waals surface area contributed by atoms with Gasteiger partial charge in [0.05, 0.1) is 0 Å². The number of rotatable bonds is 4. The zero-order chi connectivity index (χ0) is 11.3. The summed E-state index contributed by atoms with van der Waals surface area (Å²) in [5.41, 5.74) is 1.08. The van der Waals surface area contributed by atoms with E-state index in [2.05, 4.69) is 18.7 Å². The van der Waals surface area contributed by atoms with Gasteiger partial charge >= 0.3 is 5.97 Å². The molecule has 82 valence electrons. The van der Waals surface area contributed by atoms with Crippen LogP contribution in [0.4, 0.5) is 5.69 Å². The fraction of sp³-hybridized carbons (Fsp3) is 0.417. The Morgan fingerprint density at radius 1 is 1.33 bits per heavy atom. The van der Waals surface area contributed by atoms with Gasteiger partial charge in [0, 0.05) is 31.8 Å². The van der Waals surface area contributed by atoms with Crippen LogP contribution in [0, 0.1) is 0 Å². The molecule has 0 radical (unpaired) electrons. The van der Waals surface area contributed by atoms with Crippen LogP contribution in [0.2, 0.25) is 0 Å². The van der Waals surface area contributed by atoms with Gasteiger partial charge in [0.25, 0.3) is 0 Å². The van der Waals surface area contributed by atoms with Crippen LogP contribution in [-0.4, -0.2) is 19.1 Å². The standard InChI is InChI=1S/C12H17NO2/c1-4-13(5-2)11-7-6-8-12(9-11)15-10(3)14/h6-9H,4-5H2,1-3H3. The number of esters is 1. The van der Waals surface area contributed by atoms with Crippen molar-refractivity contribution in [1.82, 2.24) is 0 Å². The Hall–Kier alpha value is -1.51. The maximum absolute atomic E-state index is 10.8. The van der Waals surface area contributed by atoms with Crippen molar-refractivity contribution in [2.45, 2.75) is 20.8 Å². The van der Waals surface area contributed by atoms with Crippen LogP contribution >= 0.6 is 0 Å². The maximum atomic E-state index is 10.8. The molecule has 0 N–H and O–H groups in total. The molecule has 0 saturated heterocycles. The van der Waals surface area contributed by atoms with Crippen LogP contribution in [0.1, 0.15) is 20.8 Å². The molecule has 0 saturated carbocycles. The molecule has 3 heteroatoms. The summed E-state index contributed by atoms with van der Waals surface area (Å²) in [6, 6.07) is 7.58. The highest BCUT2D eigenvalue weighted by Crippen LogP contribution is 2.20. The highest BCUT2D eigenvalue weighted by atomic mass is 16.5. The zero-order valence-corrected chi connectivity index (χ0v) is 9.49. The molecule has 1 aromatic carbocycles. The number of ether oxygens (including phenoxy) is 1. The summed E-state index contributed by atoms with van der Waals surface area (Å²) in [4.78, 5) is 13.0. The summed E-state index contributed by atoms with van der Waals surface area (Å²) in [6.07, 6.45) is 0. The molecule has 0 aromatic heterocycles. The maximum Gasteiger partial charge on any atom is 0.308 e. The average molecular weight is 207 g/mol. The molecule has 0 aliphatic heterocycles. The molecule has 0 aliphatic carbocycles. The number of benzene rings is 1. The second-order valence-electron chi connectivity index (χ2n) is 3.26.